The average Bonchev–Trinajstić information content (AvgIpc) is 2.91. The molecule has 3 rings (SSSR count). The van der Waals surface area contributed by atoms with Gasteiger partial charge in [0.2, 0.25) is 0 Å². The monoisotopic (exact) mass is 272 g/mol. The molecule has 3 aromatic rings. The minimum Gasteiger partial charge on any atom is -0.388 e. The minimum absolute atomic E-state index is 0.251. The van der Waals surface area contributed by atoms with Gasteiger partial charge in [0, 0.05) is 5.39 Å². The Morgan fingerprint density at radius 3 is 2.60 bits per heavy atom. The van der Waals surface area contributed by atoms with Crippen LogP contribution in [0.2, 0.25) is 0 Å². The molecule has 0 unspecified atom stereocenters. The fraction of sp³-hybridized carbons (Fsp3) is 0.357. The molecule has 0 atom stereocenters. The second-order valence-corrected chi connectivity index (χ2v) is 4.73. The Bertz CT molecular complexity index is 848. The lowest BCUT2D eigenvalue weighted by molar-refractivity contribution is 0.271. The van der Waals surface area contributed by atoms with E-state index in [1.807, 2.05) is 6.07 Å². The lowest BCUT2D eigenvalue weighted by atomic mass is 10.0. The van der Waals surface area contributed by atoms with E-state index < -0.39 is 0 Å². The van der Waals surface area contributed by atoms with Gasteiger partial charge in [0.25, 0.3) is 0 Å². The standard InChI is InChI=1S/C14H16N4O2/c1-3-8-5-10-11(6-9(8)4-2)15-14(20)18-13(10)16-12(7-19)17-18/h5-6,19H,3-4,7H2,1-2H3,(H,15,20). The van der Waals surface area contributed by atoms with Gasteiger partial charge in [0.1, 0.15) is 6.61 Å². The Balaban J connectivity index is 2.45. The molecule has 2 N–H and O–H groups in total. The van der Waals surface area contributed by atoms with E-state index >= 15 is 0 Å². The van der Waals surface area contributed by atoms with Gasteiger partial charge in [-0.3, -0.25) is 0 Å². The molecule has 0 aliphatic rings. The van der Waals surface area contributed by atoms with E-state index in [9.17, 15) is 4.79 Å². The summed E-state index contributed by atoms with van der Waals surface area (Å²) in [4.78, 5) is 19.1. The van der Waals surface area contributed by atoms with Crippen molar-refractivity contribution in [3.63, 3.8) is 0 Å². The summed E-state index contributed by atoms with van der Waals surface area (Å²) < 4.78 is 1.21. The van der Waals surface area contributed by atoms with Crippen LogP contribution >= 0.6 is 0 Å². The van der Waals surface area contributed by atoms with Gasteiger partial charge in [-0.1, -0.05) is 13.8 Å². The molecule has 0 amide bonds. The third-order valence-electron chi connectivity index (χ3n) is 3.57. The van der Waals surface area contributed by atoms with Crippen LogP contribution in [0.25, 0.3) is 16.6 Å². The van der Waals surface area contributed by atoms with E-state index in [0.717, 1.165) is 23.7 Å². The fourth-order valence-corrected chi connectivity index (χ4v) is 2.54. The van der Waals surface area contributed by atoms with E-state index in [4.69, 9.17) is 5.11 Å². The minimum atomic E-state index is -0.342. The Hall–Kier alpha value is -2.21. The molecule has 1 aromatic carbocycles. The lowest BCUT2D eigenvalue weighted by Crippen LogP contribution is -2.17. The number of aliphatic hydroxyl groups is 1. The Morgan fingerprint density at radius 2 is 1.95 bits per heavy atom. The van der Waals surface area contributed by atoms with Gasteiger partial charge in [0.15, 0.2) is 11.5 Å². The first-order chi connectivity index (χ1) is 9.67. The van der Waals surface area contributed by atoms with Crippen LogP contribution in [0, 0.1) is 0 Å². The second-order valence-electron chi connectivity index (χ2n) is 4.73. The largest absolute Gasteiger partial charge is 0.388 e. The Kier molecular flexibility index (Phi) is 3.02. The third kappa shape index (κ3) is 1.80. The molecule has 0 saturated carbocycles. The number of rotatable bonds is 3. The highest BCUT2D eigenvalue weighted by molar-refractivity contribution is 5.92. The van der Waals surface area contributed by atoms with E-state index in [2.05, 4.69) is 35.0 Å². The fourth-order valence-electron chi connectivity index (χ4n) is 2.54. The number of nitrogens with zero attached hydrogens (tertiary/aromatic N) is 3. The van der Waals surface area contributed by atoms with Crippen molar-refractivity contribution in [3.05, 3.63) is 39.6 Å². The van der Waals surface area contributed by atoms with Gasteiger partial charge in [0.05, 0.1) is 5.52 Å². The van der Waals surface area contributed by atoms with Crippen LogP contribution in [0.5, 0.6) is 0 Å². The van der Waals surface area contributed by atoms with Crippen molar-refractivity contribution in [3.8, 4) is 0 Å². The van der Waals surface area contributed by atoms with Gasteiger partial charge < -0.3 is 10.1 Å². The summed E-state index contributed by atoms with van der Waals surface area (Å²) >= 11 is 0. The number of aryl methyl sites for hydroxylation is 2. The molecule has 0 bridgehead atoms. The molecule has 0 saturated heterocycles. The molecule has 6 nitrogen and oxygen atoms in total. The zero-order chi connectivity index (χ0) is 14.3. The number of nitrogens with one attached hydrogen (secondary N) is 1. The quantitative estimate of drug-likeness (QED) is 0.750. The predicted molar refractivity (Wildman–Crippen MR) is 75.8 cm³/mol. The Morgan fingerprint density at radius 1 is 1.25 bits per heavy atom. The van der Waals surface area contributed by atoms with Crippen LogP contribution in [0.1, 0.15) is 30.8 Å². The first-order valence-electron chi connectivity index (χ1n) is 6.72. The second kappa shape index (κ2) is 4.72. The van der Waals surface area contributed by atoms with Crippen molar-refractivity contribution in [1.82, 2.24) is 19.6 Å². The number of H-pyrrole nitrogens is 1. The SMILES string of the molecule is CCc1cc2[nH]c(=O)n3nc(CO)nc3c2cc1CC. The molecule has 2 aromatic heterocycles. The van der Waals surface area contributed by atoms with E-state index in [0.29, 0.717) is 5.65 Å². The zero-order valence-electron chi connectivity index (χ0n) is 11.5. The average molecular weight is 272 g/mol. The number of hydrogen-bond acceptors (Lipinski definition) is 4. The van der Waals surface area contributed by atoms with Crippen LogP contribution in [0.4, 0.5) is 0 Å². The van der Waals surface area contributed by atoms with Crippen LogP contribution in [0.3, 0.4) is 0 Å². The normalized spacial score (nSPS) is 11.6. The summed E-state index contributed by atoms with van der Waals surface area (Å²) in [5.41, 5.74) is 3.37. The number of aromatic nitrogens is 4. The maximum absolute atomic E-state index is 12.0. The predicted octanol–water partition coefficient (Wildman–Crippen LogP) is 1.19. The molecular formula is C14H16N4O2. The van der Waals surface area contributed by atoms with Crippen LogP contribution in [0.15, 0.2) is 16.9 Å². The molecule has 0 radical (unpaired) electrons. The summed E-state index contributed by atoms with van der Waals surface area (Å²) in [5.74, 6) is 0.251. The van der Waals surface area contributed by atoms with E-state index in [1.165, 1.54) is 15.6 Å². The highest BCUT2D eigenvalue weighted by Crippen LogP contribution is 2.21. The van der Waals surface area contributed by atoms with Crippen LogP contribution in [-0.4, -0.2) is 24.7 Å². The zero-order valence-corrected chi connectivity index (χ0v) is 11.5. The first-order valence-corrected chi connectivity index (χ1v) is 6.72. The highest BCUT2D eigenvalue weighted by Gasteiger charge is 2.12. The molecule has 2 heterocycles. The number of aromatic amines is 1. The smallest absolute Gasteiger partial charge is 0.348 e. The molecular weight excluding hydrogens is 256 g/mol. The topological polar surface area (TPSA) is 83.3 Å². The van der Waals surface area contributed by atoms with E-state index in [-0.39, 0.29) is 18.1 Å². The van der Waals surface area contributed by atoms with Crippen LogP contribution in [-0.2, 0) is 19.4 Å². The van der Waals surface area contributed by atoms with Gasteiger partial charge in [-0.25, -0.2) is 9.78 Å². The van der Waals surface area contributed by atoms with Crippen molar-refractivity contribution in [1.29, 1.82) is 0 Å². The van der Waals surface area contributed by atoms with E-state index in [1.54, 1.807) is 0 Å². The summed E-state index contributed by atoms with van der Waals surface area (Å²) in [5, 5.41) is 14.0. The molecule has 0 aliphatic heterocycles. The maximum atomic E-state index is 12.0. The van der Waals surface area contributed by atoms with Crippen LogP contribution < -0.4 is 5.69 Å². The third-order valence-corrected chi connectivity index (χ3v) is 3.57. The van der Waals surface area contributed by atoms with Crippen molar-refractivity contribution in [2.75, 3.05) is 0 Å². The molecule has 0 spiro atoms. The first kappa shape index (κ1) is 12.8. The van der Waals surface area contributed by atoms with Gasteiger partial charge in [-0.05, 0) is 36.1 Å². The molecule has 104 valence electrons. The number of benzene rings is 1. The number of fused-ring (bicyclic) bond motifs is 3. The Labute approximate surface area is 115 Å². The maximum Gasteiger partial charge on any atom is 0.348 e. The highest BCUT2D eigenvalue weighted by atomic mass is 16.3. The van der Waals surface area contributed by atoms with Crippen molar-refractivity contribution in [2.45, 2.75) is 33.3 Å². The molecule has 20 heavy (non-hydrogen) atoms. The van der Waals surface area contributed by atoms with Gasteiger partial charge >= 0.3 is 5.69 Å². The molecule has 0 aliphatic carbocycles. The summed E-state index contributed by atoms with van der Waals surface area (Å²) in [6.07, 6.45) is 1.84. The van der Waals surface area contributed by atoms with Crippen molar-refractivity contribution in [2.24, 2.45) is 0 Å². The summed E-state index contributed by atoms with van der Waals surface area (Å²) in [6, 6.07) is 4.05. The number of hydrogen-bond donors (Lipinski definition) is 2. The lowest BCUT2D eigenvalue weighted by Gasteiger charge is -2.08. The van der Waals surface area contributed by atoms with Crippen molar-refractivity contribution >= 4 is 16.6 Å². The summed E-state index contributed by atoms with van der Waals surface area (Å²) in [7, 11) is 0. The summed E-state index contributed by atoms with van der Waals surface area (Å²) in [6.45, 7) is 3.92. The molecule has 6 heteroatoms. The van der Waals surface area contributed by atoms with Gasteiger partial charge in [-0.15, -0.1) is 5.10 Å². The molecule has 0 fully saturated rings. The van der Waals surface area contributed by atoms with Gasteiger partial charge in [-0.2, -0.15) is 4.52 Å². The van der Waals surface area contributed by atoms with Crippen molar-refractivity contribution < 1.29 is 5.11 Å². The number of aliphatic hydroxyl groups excluding tert-OH is 1.